The summed E-state index contributed by atoms with van der Waals surface area (Å²) in [5.74, 6) is 1.67. The van der Waals surface area contributed by atoms with Crippen molar-refractivity contribution in [2.75, 3.05) is 11.9 Å². The van der Waals surface area contributed by atoms with Crippen LogP contribution in [0.15, 0.2) is 28.7 Å². The van der Waals surface area contributed by atoms with E-state index >= 15 is 0 Å². The lowest BCUT2D eigenvalue weighted by atomic mass is 10.1. The molecule has 15 heavy (non-hydrogen) atoms. The van der Waals surface area contributed by atoms with Gasteiger partial charge in [0.2, 0.25) is 0 Å². The largest absolute Gasteiger partial charge is 0.494 e. The minimum Gasteiger partial charge on any atom is -0.494 e. The Bertz CT molecular complexity index is 271. The quantitative estimate of drug-likeness (QED) is 0.688. The monoisotopic (exact) mass is 334 g/mol. The van der Waals surface area contributed by atoms with Crippen molar-refractivity contribution in [1.82, 2.24) is 0 Å². The van der Waals surface area contributed by atoms with Gasteiger partial charge in [0.15, 0.2) is 0 Å². The second kappa shape index (κ2) is 7.29. The average molecular weight is 336 g/mol. The fourth-order valence-corrected chi connectivity index (χ4v) is 2.29. The number of hydrogen-bond acceptors (Lipinski definition) is 1. The van der Waals surface area contributed by atoms with E-state index in [2.05, 4.69) is 38.8 Å². The Morgan fingerprint density at radius 2 is 1.87 bits per heavy atom. The lowest BCUT2D eigenvalue weighted by Gasteiger charge is -2.10. The molecular weight excluding hydrogens is 320 g/mol. The highest BCUT2D eigenvalue weighted by Crippen LogP contribution is 2.17. The number of hydrogen-bond donors (Lipinski definition) is 0. The minimum atomic E-state index is 0.722. The lowest BCUT2D eigenvalue weighted by molar-refractivity contribution is 0.282. The number of rotatable bonds is 6. The molecule has 0 N–H and O–H groups in total. The van der Waals surface area contributed by atoms with E-state index < -0.39 is 0 Å². The number of ether oxygens (including phenoxy) is 1. The highest BCUT2D eigenvalue weighted by molar-refractivity contribution is 9.10. The zero-order chi connectivity index (χ0) is 11.1. The Kier molecular flexibility index (Phi) is 6.34. The van der Waals surface area contributed by atoms with Crippen molar-refractivity contribution >= 4 is 31.9 Å². The van der Waals surface area contributed by atoms with Gasteiger partial charge in [-0.2, -0.15) is 0 Å². The molecule has 0 amide bonds. The molecule has 0 fully saturated rings. The Labute approximate surface area is 108 Å². The topological polar surface area (TPSA) is 9.23 Å². The van der Waals surface area contributed by atoms with Gasteiger partial charge in [0.05, 0.1) is 6.61 Å². The average Bonchev–Trinajstić information content (AvgIpc) is 2.21. The Morgan fingerprint density at radius 3 is 2.47 bits per heavy atom. The van der Waals surface area contributed by atoms with Gasteiger partial charge in [-0.25, -0.2) is 0 Å². The van der Waals surface area contributed by atoms with E-state index in [4.69, 9.17) is 4.74 Å². The third kappa shape index (κ3) is 5.57. The summed E-state index contributed by atoms with van der Waals surface area (Å²) < 4.78 is 6.73. The minimum absolute atomic E-state index is 0.722. The van der Waals surface area contributed by atoms with Crippen LogP contribution in [0, 0.1) is 5.92 Å². The first-order valence-electron chi connectivity index (χ1n) is 5.16. The maximum absolute atomic E-state index is 5.64. The second-order valence-electron chi connectivity index (χ2n) is 3.67. The summed E-state index contributed by atoms with van der Waals surface area (Å²) in [5.41, 5.74) is 0. The van der Waals surface area contributed by atoms with Gasteiger partial charge in [-0.1, -0.05) is 38.8 Å². The van der Waals surface area contributed by atoms with Crippen molar-refractivity contribution < 1.29 is 4.74 Å². The van der Waals surface area contributed by atoms with Crippen LogP contribution in [0.5, 0.6) is 5.75 Å². The predicted molar refractivity (Wildman–Crippen MR) is 71.8 cm³/mol. The summed E-state index contributed by atoms with van der Waals surface area (Å²) in [6.45, 7) is 3.06. The predicted octanol–water partition coefficient (Wildman–Crippen LogP) is 4.64. The van der Waals surface area contributed by atoms with Crippen LogP contribution in [-0.4, -0.2) is 11.9 Å². The van der Waals surface area contributed by atoms with E-state index in [1.54, 1.807) is 0 Å². The van der Waals surface area contributed by atoms with Crippen molar-refractivity contribution in [1.29, 1.82) is 0 Å². The van der Waals surface area contributed by atoms with Gasteiger partial charge in [-0.05, 0) is 43.0 Å². The number of halogens is 2. The van der Waals surface area contributed by atoms with Crippen LogP contribution in [0.4, 0.5) is 0 Å². The first-order chi connectivity index (χ1) is 7.22. The van der Waals surface area contributed by atoms with Crippen LogP contribution in [0.3, 0.4) is 0 Å². The molecule has 0 heterocycles. The molecule has 3 heteroatoms. The summed E-state index contributed by atoms with van der Waals surface area (Å²) in [6.07, 6.45) is 2.32. The van der Waals surface area contributed by atoms with Crippen LogP contribution in [0.25, 0.3) is 0 Å². The summed E-state index contributed by atoms with van der Waals surface area (Å²) in [6, 6.07) is 7.97. The number of alkyl halides is 1. The first-order valence-corrected chi connectivity index (χ1v) is 7.08. The van der Waals surface area contributed by atoms with Crippen LogP contribution in [0.1, 0.15) is 19.8 Å². The van der Waals surface area contributed by atoms with E-state index in [-0.39, 0.29) is 0 Å². The van der Waals surface area contributed by atoms with E-state index in [1.807, 2.05) is 24.3 Å². The van der Waals surface area contributed by atoms with Crippen molar-refractivity contribution in [3.63, 3.8) is 0 Å². The Hall–Kier alpha value is -0.0200. The third-order valence-corrected chi connectivity index (χ3v) is 3.28. The molecular formula is C12H16Br2O. The molecule has 0 spiro atoms. The molecule has 84 valence electrons. The fourth-order valence-electron chi connectivity index (χ4n) is 1.24. The molecule has 0 saturated heterocycles. The maximum Gasteiger partial charge on any atom is 0.119 e. The summed E-state index contributed by atoms with van der Waals surface area (Å²) in [4.78, 5) is 0. The molecule has 0 bridgehead atoms. The van der Waals surface area contributed by atoms with Crippen LogP contribution in [0.2, 0.25) is 0 Å². The molecule has 0 aliphatic carbocycles. The lowest BCUT2D eigenvalue weighted by Crippen LogP contribution is -2.04. The van der Waals surface area contributed by atoms with E-state index in [0.29, 0.717) is 0 Å². The van der Waals surface area contributed by atoms with Crippen molar-refractivity contribution in [3.05, 3.63) is 28.7 Å². The molecule has 0 saturated carbocycles. The van der Waals surface area contributed by atoms with Gasteiger partial charge in [-0.3, -0.25) is 0 Å². The van der Waals surface area contributed by atoms with E-state index in [0.717, 1.165) is 34.5 Å². The van der Waals surface area contributed by atoms with Gasteiger partial charge in [-0.15, -0.1) is 0 Å². The molecule has 1 unspecified atom stereocenters. The molecule has 1 rings (SSSR count). The molecule has 1 aromatic carbocycles. The molecule has 0 aromatic heterocycles. The molecule has 1 aromatic rings. The standard InChI is InChI=1S/C12H16Br2O/c1-10(6-8-13)7-9-15-12-4-2-11(14)3-5-12/h2-5,10H,6-9H2,1H3. The van der Waals surface area contributed by atoms with Crippen LogP contribution >= 0.6 is 31.9 Å². The van der Waals surface area contributed by atoms with Crippen molar-refractivity contribution in [3.8, 4) is 5.75 Å². The van der Waals surface area contributed by atoms with Crippen molar-refractivity contribution in [2.45, 2.75) is 19.8 Å². The highest BCUT2D eigenvalue weighted by atomic mass is 79.9. The van der Waals surface area contributed by atoms with Crippen LogP contribution in [-0.2, 0) is 0 Å². The highest BCUT2D eigenvalue weighted by Gasteiger charge is 2.01. The molecule has 1 nitrogen and oxygen atoms in total. The fraction of sp³-hybridized carbons (Fsp3) is 0.500. The van der Waals surface area contributed by atoms with Gasteiger partial charge in [0, 0.05) is 9.80 Å². The Morgan fingerprint density at radius 1 is 1.20 bits per heavy atom. The summed E-state index contributed by atoms with van der Waals surface area (Å²) >= 11 is 6.85. The van der Waals surface area contributed by atoms with Crippen molar-refractivity contribution in [2.24, 2.45) is 5.92 Å². The van der Waals surface area contributed by atoms with E-state index in [9.17, 15) is 0 Å². The molecule has 0 aliphatic rings. The zero-order valence-electron chi connectivity index (χ0n) is 8.88. The van der Waals surface area contributed by atoms with Gasteiger partial charge >= 0.3 is 0 Å². The molecule has 0 aliphatic heterocycles. The smallest absolute Gasteiger partial charge is 0.119 e. The van der Waals surface area contributed by atoms with Gasteiger partial charge < -0.3 is 4.74 Å². The number of benzene rings is 1. The van der Waals surface area contributed by atoms with Gasteiger partial charge in [0.1, 0.15) is 5.75 Å². The first kappa shape index (κ1) is 13.0. The van der Waals surface area contributed by atoms with E-state index in [1.165, 1.54) is 6.42 Å². The third-order valence-electron chi connectivity index (χ3n) is 2.29. The Balaban J connectivity index is 2.22. The maximum atomic E-state index is 5.64. The molecule has 1 atom stereocenters. The van der Waals surface area contributed by atoms with Gasteiger partial charge in [0.25, 0.3) is 0 Å². The van der Waals surface area contributed by atoms with Crippen LogP contribution < -0.4 is 4.74 Å². The SMILES string of the molecule is CC(CCBr)CCOc1ccc(Br)cc1. The zero-order valence-corrected chi connectivity index (χ0v) is 12.1. The normalized spacial score (nSPS) is 12.5. The summed E-state index contributed by atoms with van der Waals surface area (Å²) in [7, 11) is 0. The molecule has 0 radical (unpaired) electrons. The summed E-state index contributed by atoms with van der Waals surface area (Å²) in [5, 5.41) is 1.08. The second-order valence-corrected chi connectivity index (χ2v) is 5.38.